The fourth-order valence-electron chi connectivity index (χ4n) is 3.02. The summed E-state index contributed by atoms with van der Waals surface area (Å²) in [4.78, 5) is 0.305. The van der Waals surface area contributed by atoms with Gasteiger partial charge < -0.3 is 5.73 Å². The second kappa shape index (κ2) is 11.9. The Kier molecular flexibility index (Phi) is 10.7. The highest BCUT2D eigenvalue weighted by Gasteiger charge is 2.30. The number of nitrogens with two attached hydrogens (primary N) is 1. The van der Waals surface area contributed by atoms with Crippen LogP contribution >= 0.6 is 12.2 Å². The van der Waals surface area contributed by atoms with E-state index in [9.17, 15) is 8.42 Å². The molecule has 2 N–H and O–H groups in total. The lowest BCUT2D eigenvalue weighted by Crippen LogP contribution is -2.46. The fraction of sp³-hybridized carbons (Fsp3) is 0.941. The van der Waals surface area contributed by atoms with Crippen LogP contribution in [0.3, 0.4) is 0 Å². The van der Waals surface area contributed by atoms with Crippen molar-refractivity contribution in [1.29, 1.82) is 0 Å². The summed E-state index contributed by atoms with van der Waals surface area (Å²) in [5.41, 5.74) is 5.85. The smallest absolute Gasteiger partial charge is 0.166 e. The van der Waals surface area contributed by atoms with Crippen molar-refractivity contribution in [3.8, 4) is 0 Å². The third-order valence-electron chi connectivity index (χ3n) is 4.54. The molecule has 0 radical (unpaired) electrons. The van der Waals surface area contributed by atoms with E-state index in [2.05, 4.69) is 17.3 Å². The molecule has 2 unspecified atom stereocenters. The second-order valence-electron chi connectivity index (χ2n) is 7.00. The molecular formula is C17H34N4O2S2. The van der Waals surface area contributed by atoms with Gasteiger partial charge in [-0.15, -0.1) is 5.11 Å². The van der Waals surface area contributed by atoms with Crippen molar-refractivity contribution in [2.24, 2.45) is 16.1 Å². The molecule has 1 aliphatic rings. The first kappa shape index (κ1) is 22.4. The first-order chi connectivity index (χ1) is 11.9. The highest BCUT2D eigenvalue weighted by molar-refractivity contribution is 7.91. The average molecular weight is 391 g/mol. The van der Waals surface area contributed by atoms with Gasteiger partial charge in [0.2, 0.25) is 0 Å². The van der Waals surface area contributed by atoms with Crippen molar-refractivity contribution in [3.05, 3.63) is 0 Å². The van der Waals surface area contributed by atoms with E-state index in [1.807, 2.05) is 0 Å². The Bertz CT molecular complexity index is 523. The van der Waals surface area contributed by atoms with Crippen LogP contribution in [0.4, 0.5) is 0 Å². The first-order valence-electron chi connectivity index (χ1n) is 9.57. The van der Waals surface area contributed by atoms with E-state index in [-0.39, 0.29) is 17.5 Å². The van der Waals surface area contributed by atoms with Crippen molar-refractivity contribution < 1.29 is 8.42 Å². The molecule has 0 bridgehead atoms. The lowest BCUT2D eigenvalue weighted by Gasteiger charge is -2.24. The van der Waals surface area contributed by atoms with Crippen molar-refractivity contribution in [1.82, 2.24) is 5.01 Å². The molecule has 0 saturated heterocycles. The van der Waals surface area contributed by atoms with E-state index in [1.54, 1.807) is 6.92 Å². The molecule has 0 aromatic rings. The molecule has 1 aliphatic heterocycles. The van der Waals surface area contributed by atoms with Gasteiger partial charge in [-0.3, -0.25) is 5.01 Å². The molecule has 2 atom stereocenters. The SMILES string of the molecule is CCCCCCCCCCCCS(=O)(=O)CC(C)N1N=NC(=S)C1N. The van der Waals surface area contributed by atoms with Crippen molar-refractivity contribution in [3.63, 3.8) is 0 Å². The number of nitrogens with zero attached hydrogens (tertiary/aromatic N) is 3. The van der Waals surface area contributed by atoms with Gasteiger partial charge >= 0.3 is 0 Å². The molecule has 8 heteroatoms. The monoisotopic (exact) mass is 390 g/mol. The molecule has 0 aromatic heterocycles. The number of hydrogen-bond donors (Lipinski definition) is 1. The molecule has 0 amide bonds. The predicted molar refractivity (Wildman–Crippen MR) is 107 cm³/mol. The minimum Gasteiger partial charge on any atom is -0.304 e. The summed E-state index contributed by atoms with van der Waals surface area (Å²) in [6, 6.07) is -0.313. The van der Waals surface area contributed by atoms with Crippen LogP contribution in [0.2, 0.25) is 0 Å². The minimum absolute atomic E-state index is 0.0414. The lowest BCUT2D eigenvalue weighted by atomic mass is 10.1. The molecule has 1 heterocycles. The molecule has 0 fully saturated rings. The quantitative estimate of drug-likeness (QED) is 0.358. The summed E-state index contributed by atoms with van der Waals surface area (Å²) < 4.78 is 24.5. The van der Waals surface area contributed by atoms with Crippen molar-refractivity contribution in [2.45, 2.75) is 90.3 Å². The number of unbranched alkanes of at least 4 members (excludes halogenated alkanes) is 9. The summed E-state index contributed by atoms with van der Waals surface area (Å²) in [6.45, 7) is 4.02. The first-order valence-corrected chi connectivity index (χ1v) is 11.8. The van der Waals surface area contributed by atoms with Gasteiger partial charge in [-0.1, -0.05) is 82.2 Å². The zero-order valence-corrected chi connectivity index (χ0v) is 17.3. The molecular weight excluding hydrogens is 356 g/mol. The molecule has 1 rings (SSSR count). The van der Waals surface area contributed by atoms with E-state index >= 15 is 0 Å². The van der Waals surface area contributed by atoms with Gasteiger partial charge in [0.25, 0.3) is 0 Å². The molecule has 146 valence electrons. The Morgan fingerprint density at radius 2 is 1.60 bits per heavy atom. The van der Waals surface area contributed by atoms with Gasteiger partial charge in [0.15, 0.2) is 21.0 Å². The summed E-state index contributed by atoms with van der Waals surface area (Å²) in [5, 5.41) is 9.09. The molecule has 6 nitrogen and oxygen atoms in total. The van der Waals surface area contributed by atoms with Crippen LogP contribution in [-0.4, -0.2) is 42.1 Å². The highest BCUT2D eigenvalue weighted by Crippen LogP contribution is 2.16. The Morgan fingerprint density at radius 1 is 1.08 bits per heavy atom. The minimum atomic E-state index is -3.11. The summed E-state index contributed by atoms with van der Waals surface area (Å²) in [5.74, 6) is 0.276. The normalized spacial score (nSPS) is 18.9. The fourth-order valence-corrected chi connectivity index (χ4v) is 4.87. The summed E-state index contributed by atoms with van der Waals surface area (Å²) in [6.07, 6.45) is 11.3. The Balaban J connectivity index is 2.11. The summed E-state index contributed by atoms with van der Waals surface area (Å²) >= 11 is 4.95. The maximum Gasteiger partial charge on any atom is 0.166 e. The molecule has 25 heavy (non-hydrogen) atoms. The second-order valence-corrected chi connectivity index (χ2v) is 9.64. The van der Waals surface area contributed by atoms with Gasteiger partial charge in [-0.05, 0) is 13.3 Å². The van der Waals surface area contributed by atoms with E-state index < -0.39 is 16.0 Å². The maximum atomic E-state index is 12.2. The number of thiocarbonyl (C=S) groups is 1. The Morgan fingerprint density at radius 3 is 2.08 bits per heavy atom. The van der Waals surface area contributed by atoms with Crippen LogP contribution < -0.4 is 5.73 Å². The van der Waals surface area contributed by atoms with Gasteiger partial charge in [-0.2, -0.15) is 0 Å². The van der Waals surface area contributed by atoms with Gasteiger partial charge in [0, 0.05) is 0 Å². The molecule has 0 aromatic carbocycles. The average Bonchev–Trinajstić information content (AvgIpc) is 2.88. The van der Waals surface area contributed by atoms with Crippen LogP contribution in [0.5, 0.6) is 0 Å². The van der Waals surface area contributed by atoms with Crippen LogP contribution in [0.25, 0.3) is 0 Å². The summed E-state index contributed by atoms with van der Waals surface area (Å²) in [7, 11) is -3.11. The highest BCUT2D eigenvalue weighted by atomic mass is 32.2. The number of sulfone groups is 1. The zero-order valence-electron chi connectivity index (χ0n) is 15.7. The van der Waals surface area contributed by atoms with Gasteiger partial charge in [-0.25, -0.2) is 8.42 Å². The standard InChI is InChI=1S/C17H34N4O2S2/c1-3-4-5-6-7-8-9-10-11-12-13-25(22,23)14-15(2)21-16(18)17(24)19-20-21/h15-16H,3-14,18H2,1-2H3. The Hall–Kier alpha value is -0.600. The van der Waals surface area contributed by atoms with Crippen molar-refractivity contribution in [2.75, 3.05) is 11.5 Å². The van der Waals surface area contributed by atoms with Crippen LogP contribution in [0.15, 0.2) is 10.3 Å². The third-order valence-corrected chi connectivity index (χ3v) is 6.76. The molecule has 0 spiro atoms. The molecule has 0 saturated carbocycles. The van der Waals surface area contributed by atoms with E-state index in [4.69, 9.17) is 18.0 Å². The maximum absolute atomic E-state index is 12.2. The molecule has 0 aliphatic carbocycles. The van der Waals surface area contributed by atoms with Crippen LogP contribution in [-0.2, 0) is 9.84 Å². The topological polar surface area (TPSA) is 88.1 Å². The van der Waals surface area contributed by atoms with E-state index in [0.29, 0.717) is 4.99 Å². The largest absolute Gasteiger partial charge is 0.304 e. The Labute approximate surface area is 158 Å². The number of hydrogen-bond acceptors (Lipinski definition) is 6. The van der Waals surface area contributed by atoms with Gasteiger partial charge in [0.1, 0.15) is 0 Å². The van der Waals surface area contributed by atoms with Gasteiger partial charge in [0.05, 0.1) is 17.5 Å². The predicted octanol–water partition coefficient (Wildman–Crippen LogP) is 4.01. The number of rotatable bonds is 14. The van der Waals surface area contributed by atoms with Crippen LogP contribution in [0.1, 0.15) is 78.1 Å². The van der Waals surface area contributed by atoms with E-state index in [0.717, 1.165) is 19.3 Å². The third kappa shape index (κ3) is 9.06. The van der Waals surface area contributed by atoms with Crippen molar-refractivity contribution >= 4 is 27.0 Å². The van der Waals surface area contributed by atoms with E-state index in [1.165, 1.54) is 50.0 Å². The zero-order chi connectivity index (χ0) is 18.7. The lowest BCUT2D eigenvalue weighted by molar-refractivity contribution is 0.212. The van der Waals surface area contributed by atoms with Crippen LogP contribution in [0, 0.1) is 0 Å².